The number of fused-ring (bicyclic) bond motifs is 1. The van der Waals surface area contributed by atoms with E-state index in [2.05, 4.69) is 16.4 Å². The first kappa shape index (κ1) is 16.9. The molecule has 1 heterocycles. The number of aliphatic hydroxyl groups is 1. The molecule has 1 saturated carbocycles. The van der Waals surface area contributed by atoms with Gasteiger partial charge >= 0.3 is 0 Å². The van der Waals surface area contributed by atoms with Gasteiger partial charge in [-0.3, -0.25) is 9.78 Å². The summed E-state index contributed by atoms with van der Waals surface area (Å²) in [6, 6.07) is 9.92. The van der Waals surface area contributed by atoms with Gasteiger partial charge < -0.3 is 15.2 Å². The molecule has 0 saturated heterocycles. The predicted molar refractivity (Wildman–Crippen MR) is 92.5 cm³/mol. The van der Waals surface area contributed by atoms with E-state index in [1.165, 1.54) is 0 Å². The van der Waals surface area contributed by atoms with Gasteiger partial charge in [0, 0.05) is 24.6 Å². The number of rotatable bonds is 7. The summed E-state index contributed by atoms with van der Waals surface area (Å²) in [4.78, 5) is 16.7. The normalized spacial score (nSPS) is 21.2. The zero-order chi connectivity index (χ0) is 16.9. The van der Waals surface area contributed by atoms with Crippen molar-refractivity contribution in [3.63, 3.8) is 0 Å². The standard InChI is InChI=1S/C19H24N2O3/c1-2-24-8-7-18(23)21-19(14-10-16(22)11-14)15-9-13-5-3-4-6-17(13)20-12-15/h3-6,9,12,14,16,19,22H,2,7-8,10-11H2,1H3,(H,21,23)/t14?,16?,19-/m0/s1. The average molecular weight is 328 g/mol. The number of para-hydroxylation sites is 1. The van der Waals surface area contributed by atoms with Crippen LogP contribution in [0.15, 0.2) is 36.5 Å². The maximum atomic E-state index is 12.2. The summed E-state index contributed by atoms with van der Waals surface area (Å²) in [5.41, 5.74) is 1.94. The van der Waals surface area contributed by atoms with E-state index in [1.807, 2.05) is 37.4 Å². The lowest BCUT2D eigenvalue weighted by Gasteiger charge is -2.38. The fourth-order valence-electron chi connectivity index (χ4n) is 3.19. The van der Waals surface area contributed by atoms with Gasteiger partial charge in [0.2, 0.25) is 5.91 Å². The second kappa shape index (κ2) is 7.73. The van der Waals surface area contributed by atoms with Crippen LogP contribution in [-0.4, -0.2) is 35.3 Å². The number of pyridine rings is 1. The second-order valence-electron chi connectivity index (χ2n) is 6.34. The molecule has 5 nitrogen and oxygen atoms in total. The van der Waals surface area contributed by atoms with Crippen LogP contribution in [0.2, 0.25) is 0 Å². The van der Waals surface area contributed by atoms with Crippen molar-refractivity contribution in [1.29, 1.82) is 0 Å². The minimum Gasteiger partial charge on any atom is -0.393 e. The summed E-state index contributed by atoms with van der Waals surface area (Å²) in [6.45, 7) is 2.95. The van der Waals surface area contributed by atoms with E-state index in [4.69, 9.17) is 4.74 Å². The largest absolute Gasteiger partial charge is 0.393 e. The number of amides is 1. The number of carbonyl (C=O) groups is 1. The molecule has 1 aliphatic rings. The second-order valence-corrected chi connectivity index (χ2v) is 6.34. The third kappa shape index (κ3) is 3.91. The van der Waals surface area contributed by atoms with Crippen LogP contribution in [0.3, 0.4) is 0 Å². The molecule has 1 amide bonds. The smallest absolute Gasteiger partial charge is 0.222 e. The summed E-state index contributed by atoms with van der Waals surface area (Å²) in [5.74, 6) is 0.224. The molecular weight excluding hydrogens is 304 g/mol. The van der Waals surface area contributed by atoms with Crippen molar-refractivity contribution in [3.05, 3.63) is 42.1 Å². The number of aliphatic hydroxyl groups excluding tert-OH is 1. The van der Waals surface area contributed by atoms with E-state index in [0.717, 1.165) is 16.5 Å². The van der Waals surface area contributed by atoms with Crippen LogP contribution >= 0.6 is 0 Å². The van der Waals surface area contributed by atoms with E-state index in [1.54, 1.807) is 0 Å². The molecule has 0 radical (unpaired) electrons. The monoisotopic (exact) mass is 328 g/mol. The van der Waals surface area contributed by atoms with Crippen molar-refractivity contribution in [3.8, 4) is 0 Å². The first-order valence-corrected chi connectivity index (χ1v) is 8.57. The minimum absolute atomic E-state index is 0.0250. The van der Waals surface area contributed by atoms with Crippen LogP contribution in [-0.2, 0) is 9.53 Å². The maximum absolute atomic E-state index is 12.2. The molecule has 2 aromatic rings. The Morgan fingerprint density at radius 3 is 2.96 bits per heavy atom. The van der Waals surface area contributed by atoms with E-state index in [0.29, 0.717) is 32.5 Å². The highest BCUT2D eigenvalue weighted by molar-refractivity contribution is 5.80. The highest BCUT2D eigenvalue weighted by atomic mass is 16.5. The van der Waals surface area contributed by atoms with Gasteiger partial charge in [-0.1, -0.05) is 18.2 Å². The molecule has 0 spiro atoms. The number of benzene rings is 1. The Balaban J connectivity index is 1.77. The molecule has 1 aromatic heterocycles. The third-order valence-electron chi connectivity index (χ3n) is 4.59. The van der Waals surface area contributed by atoms with Crippen molar-refractivity contribution >= 4 is 16.8 Å². The molecule has 0 unspecified atom stereocenters. The first-order valence-electron chi connectivity index (χ1n) is 8.57. The van der Waals surface area contributed by atoms with Crippen LogP contribution in [0.5, 0.6) is 0 Å². The summed E-state index contributed by atoms with van der Waals surface area (Å²) in [6.07, 6.45) is 3.35. The average Bonchev–Trinajstić information content (AvgIpc) is 2.57. The van der Waals surface area contributed by atoms with Crippen LogP contribution in [0, 0.1) is 5.92 Å². The van der Waals surface area contributed by atoms with E-state index in [-0.39, 0.29) is 24.0 Å². The van der Waals surface area contributed by atoms with E-state index >= 15 is 0 Å². The number of nitrogens with zero attached hydrogens (tertiary/aromatic N) is 1. The van der Waals surface area contributed by atoms with Crippen LogP contribution in [0.4, 0.5) is 0 Å². The lowest BCUT2D eigenvalue weighted by molar-refractivity contribution is -0.124. The number of ether oxygens (including phenoxy) is 1. The molecule has 3 rings (SSSR count). The molecule has 1 aromatic carbocycles. The van der Waals surface area contributed by atoms with Crippen molar-refractivity contribution in [2.45, 2.75) is 38.3 Å². The Hall–Kier alpha value is -1.98. The first-order chi connectivity index (χ1) is 11.7. The molecular formula is C19H24N2O3. The Morgan fingerprint density at radius 2 is 2.21 bits per heavy atom. The third-order valence-corrected chi connectivity index (χ3v) is 4.59. The fraction of sp³-hybridized carbons (Fsp3) is 0.474. The molecule has 128 valence electrons. The van der Waals surface area contributed by atoms with Crippen molar-refractivity contribution in [2.24, 2.45) is 5.92 Å². The summed E-state index contributed by atoms with van der Waals surface area (Å²) in [5, 5.41) is 13.8. The summed E-state index contributed by atoms with van der Waals surface area (Å²) >= 11 is 0. The lowest BCUT2D eigenvalue weighted by Crippen LogP contribution is -2.41. The molecule has 0 bridgehead atoms. The molecule has 1 fully saturated rings. The molecule has 0 aliphatic heterocycles. The predicted octanol–water partition coefficient (Wildman–Crippen LogP) is 2.59. The van der Waals surface area contributed by atoms with E-state index < -0.39 is 0 Å². The number of aromatic nitrogens is 1. The lowest BCUT2D eigenvalue weighted by atomic mass is 9.75. The van der Waals surface area contributed by atoms with E-state index in [9.17, 15) is 9.90 Å². The Kier molecular flexibility index (Phi) is 5.43. The summed E-state index contributed by atoms with van der Waals surface area (Å²) < 4.78 is 5.25. The van der Waals surface area contributed by atoms with Gasteiger partial charge in [-0.15, -0.1) is 0 Å². The number of nitrogens with one attached hydrogen (secondary N) is 1. The number of carbonyl (C=O) groups excluding carboxylic acids is 1. The van der Waals surface area contributed by atoms with Crippen LogP contribution in [0.1, 0.15) is 37.8 Å². The number of hydrogen-bond acceptors (Lipinski definition) is 4. The van der Waals surface area contributed by atoms with Crippen molar-refractivity contribution in [1.82, 2.24) is 10.3 Å². The molecule has 5 heteroatoms. The SMILES string of the molecule is CCOCCC(=O)N[C@H](c1cnc2ccccc2c1)C1CC(O)C1. The van der Waals surface area contributed by atoms with Crippen molar-refractivity contribution in [2.75, 3.05) is 13.2 Å². The zero-order valence-corrected chi connectivity index (χ0v) is 13.9. The molecule has 1 aliphatic carbocycles. The maximum Gasteiger partial charge on any atom is 0.222 e. The topological polar surface area (TPSA) is 71.5 Å². The van der Waals surface area contributed by atoms with Crippen LogP contribution in [0.25, 0.3) is 10.9 Å². The van der Waals surface area contributed by atoms with Gasteiger partial charge in [-0.2, -0.15) is 0 Å². The van der Waals surface area contributed by atoms with Gasteiger partial charge in [-0.25, -0.2) is 0 Å². The quantitative estimate of drug-likeness (QED) is 0.766. The molecule has 2 N–H and O–H groups in total. The molecule has 1 atom stereocenters. The molecule has 24 heavy (non-hydrogen) atoms. The number of hydrogen-bond donors (Lipinski definition) is 2. The van der Waals surface area contributed by atoms with Gasteiger partial charge in [0.05, 0.1) is 24.3 Å². The van der Waals surface area contributed by atoms with Gasteiger partial charge in [0.15, 0.2) is 0 Å². The van der Waals surface area contributed by atoms with Gasteiger partial charge in [0.1, 0.15) is 0 Å². The van der Waals surface area contributed by atoms with Gasteiger partial charge in [-0.05, 0) is 43.4 Å². The summed E-state index contributed by atoms with van der Waals surface area (Å²) in [7, 11) is 0. The van der Waals surface area contributed by atoms with Crippen LogP contribution < -0.4 is 5.32 Å². The van der Waals surface area contributed by atoms with Gasteiger partial charge in [0.25, 0.3) is 0 Å². The van der Waals surface area contributed by atoms with Crippen molar-refractivity contribution < 1.29 is 14.6 Å². The Labute approximate surface area is 142 Å². The zero-order valence-electron chi connectivity index (χ0n) is 13.9. The Bertz CT molecular complexity index is 698. The highest BCUT2D eigenvalue weighted by Crippen LogP contribution is 2.38. The highest BCUT2D eigenvalue weighted by Gasteiger charge is 2.35. The fourth-order valence-corrected chi connectivity index (χ4v) is 3.19. The minimum atomic E-state index is -0.258. The Morgan fingerprint density at radius 1 is 1.42 bits per heavy atom.